The van der Waals surface area contributed by atoms with Crippen LogP contribution in [0.4, 0.5) is 8.78 Å². The van der Waals surface area contributed by atoms with E-state index in [-0.39, 0.29) is 10.9 Å². The number of methoxy groups -OCH3 is 1. The molecule has 0 spiro atoms. The van der Waals surface area contributed by atoms with E-state index in [0.29, 0.717) is 11.8 Å². The Kier molecular flexibility index (Phi) is 5.26. The van der Waals surface area contributed by atoms with Crippen LogP contribution in [0.3, 0.4) is 0 Å². The molecule has 0 amide bonds. The molecule has 0 saturated carbocycles. The average Bonchev–Trinajstić information content (AvgIpc) is 3.23. The third-order valence-corrected chi connectivity index (χ3v) is 5.39. The molecule has 0 bridgehead atoms. The Morgan fingerprint density at radius 2 is 1.83 bits per heavy atom. The minimum Gasteiger partial charge on any atom is -0.491 e. The van der Waals surface area contributed by atoms with Crippen LogP contribution in [0, 0.1) is 11.6 Å². The normalized spacial score (nSPS) is 14.4. The van der Waals surface area contributed by atoms with Crippen molar-refractivity contribution in [1.82, 2.24) is 9.47 Å². The first-order valence-electron chi connectivity index (χ1n) is 9.57. The number of aromatic carboxylic acids is 1. The molecular weight excluding hydrogens is 394 g/mol. The Morgan fingerprint density at radius 3 is 2.43 bits per heavy atom. The second-order valence-electron chi connectivity index (χ2n) is 7.30. The number of nitrogens with zero attached hydrogens (tertiary/aromatic N) is 2. The molecule has 0 radical (unpaired) electrons. The van der Waals surface area contributed by atoms with Gasteiger partial charge in [-0.1, -0.05) is 12.1 Å². The maximum absolute atomic E-state index is 14.4. The van der Waals surface area contributed by atoms with E-state index in [0.717, 1.165) is 38.5 Å². The molecule has 1 saturated heterocycles. The van der Waals surface area contributed by atoms with Gasteiger partial charge in [0.1, 0.15) is 11.1 Å². The number of pyridine rings is 1. The quantitative estimate of drug-likeness (QED) is 0.691. The fraction of sp³-hybridized carbons (Fsp3) is 0.273. The number of benzene rings is 2. The second-order valence-corrected chi connectivity index (χ2v) is 7.30. The van der Waals surface area contributed by atoms with Crippen LogP contribution >= 0.6 is 0 Å². The zero-order valence-electron chi connectivity index (χ0n) is 16.3. The number of fused-ring (bicyclic) bond motifs is 1. The topological polar surface area (TPSA) is 71.8 Å². The largest absolute Gasteiger partial charge is 0.491 e. The first-order chi connectivity index (χ1) is 14.4. The van der Waals surface area contributed by atoms with Crippen LogP contribution in [-0.2, 0) is 6.54 Å². The molecule has 0 unspecified atom stereocenters. The van der Waals surface area contributed by atoms with Crippen molar-refractivity contribution in [2.24, 2.45) is 0 Å². The van der Waals surface area contributed by atoms with Gasteiger partial charge in [-0.3, -0.25) is 9.69 Å². The molecule has 30 heavy (non-hydrogen) atoms. The van der Waals surface area contributed by atoms with Crippen LogP contribution in [-0.4, -0.2) is 40.7 Å². The minimum absolute atomic E-state index is 0.0290. The van der Waals surface area contributed by atoms with Crippen molar-refractivity contribution in [3.05, 3.63) is 69.5 Å². The SMILES string of the molecule is COc1c(F)c(F)cc2c(=O)c(C(=O)O)cn(-c3ccc(CN4CCCC4)cc3)c12. The van der Waals surface area contributed by atoms with E-state index in [2.05, 4.69) is 4.90 Å². The van der Waals surface area contributed by atoms with E-state index in [1.54, 1.807) is 12.1 Å². The van der Waals surface area contributed by atoms with Crippen molar-refractivity contribution in [1.29, 1.82) is 0 Å². The molecule has 0 atom stereocenters. The fourth-order valence-corrected chi connectivity index (χ4v) is 3.91. The lowest BCUT2D eigenvalue weighted by Gasteiger charge is -2.17. The number of halogens is 2. The van der Waals surface area contributed by atoms with Crippen LogP contribution in [0.25, 0.3) is 16.6 Å². The summed E-state index contributed by atoms with van der Waals surface area (Å²) in [6, 6.07) is 8.00. The summed E-state index contributed by atoms with van der Waals surface area (Å²) in [7, 11) is 1.16. The third-order valence-electron chi connectivity index (χ3n) is 5.39. The third kappa shape index (κ3) is 3.43. The summed E-state index contributed by atoms with van der Waals surface area (Å²) in [5.74, 6) is -4.44. The summed E-state index contributed by atoms with van der Waals surface area (Å²) >= 11 is 0. The van der Waals surface area contributed by atoms with Gasteiger partial charge in [-0.15, -0.1) is 0 Å². The number of ether oxygens (including phenoxy) is 1. The molecular formula is C22H20F2N2O4. The number of carboxylic acid groups (broad SMARTS) is 1. The molecule has 1 aliphatic heterocycles. The maximum atomic E-state index is 14.4. The molecule has 1 aliphatic rings. The Labute approximate surface area is 170 Å². The van der Waals surface area contributed by atoms with Crippen LogP contribution < -0.4 is 10.2 Å². The van der Waals surface area contributed by atoms with Crippen molar-refractivity contribution in [2.45, 2.75) is 19.4 Å². The van der Waals surface area contributed by atoms with Crippen molar-refractivity contribution in [3.63, 3.8) is 0 Å². The van der Waals surface area contributed by atoms with Crippen molar-refractivity contribution < 1.29 is 23.4 Å². The lowest BCUT2D eigenvalue weighted by Crippen LogP contribution is -2.20. The molecule has 8 heteroatoms. The van der Waals surface area contributed by atoms with Gasteiger partial charge >= 0.3 is 5.97 Å². The first-order valence-corrected chi connectivity index (χ1v) is 9.57. The van der Waals surface area contributed by atoms with E-state index in [1.165, 1.54) is 17.4 Å². The predicted octanol–water partition coefficient (Wildman–Crippen LogP) is 3.57. The molecule has 0 aliphatic carbocycles. The van der Waals surface area contributed by atoms with Gasteiger partial charge in [-0.2, -0.15) is 4.39 Å². The van der Waals surface area contributed by atoms with Gasteiger partial charge in [0, 0.05) is 18.4 Å². The summed E-state index contributed by atoms with van der Waals surface area (Å²) in [4.78, 5) is 26.5. The van der Waals surface area contributed by atoms with Crippen molar-refractivity contribution in [2.75, 3.05) is 20.2 Å². The van der Waals surface area contributed by atoms with Gasteiger partial charge in [0.25, 0.3) is 0 Å². The molecule has 156 valence electrons. The van der Waals surface area contributed by atoms with Gasteiger partial charge in [-0.05, 0) is 49.7 Å². The summed E-state index contributed by atoms with van der Waals surface area (Å²) in [5.41, 5.74) is 0.0950. The lowest BCUT2D eigenvalue weighted by atomic mass is 10.1. The van der Waals surface area contributed by atoms with Crippen molar-refractivity contribution in [3.8, 4) is 11.4 Å². The Bertz CT molecular complexity index is 1180. The molecule has 1 fully saturated rings. The maximum Gasteiger partial charge on any atom is 0.341 e. The molecule has 4 rings (SSSR count). The highest BCUT2D eigenvalue weighted by Crippen LogP contribution is 2.31. The lowest BCUT2D eigenvalue weighted by molar-refractivity contribution is 0.0695. The monoisotopic (exact) mass is 414 g/mol. The van der Waals surface area contributed by atoms with Crippen LogP contribution in [0.15, 0.2) is 41.3 Å². The number of likely N-dealkylation sites (tertiary alicyclic amines) is 1. The molecule has 2 heterocycles. The average molecular weight is 414 g/mol. The highest BCUT2D eigenvalue weighted by Gasteiger charge is 2.23. The standard InChI is InChI=1S/C22H20F2N2O4/c1-30-21-18(24)17(23)10-15-19(21)26(12-16(20(15)27)22(28)29)14-6-4-13(5-7-14)11-25-8-2-3-9-25/h4-7,10,12H,2-3,8-9,11H2,1H3,(H,28,29). The van der Waals surface area contributed by atoms with E-state index >= 15 is 0 Å². The smallest absolute Gasteiger partial charge is 0.341 e. The molecule has 1 N–H and O–H groups in total. The Hall–Kier alpha value is -3.26. The molecule has 3 aromatic rings. The predicted molar refractivity (Wildman–Crippen MR) is 107 cm³/mol. The van der Waals surface area contributed by atoms with E-state index < -0.39 is 34.3 Å². The van der Waals surface area contributed by atoms with Gasteiger partial charge in [0.2, 0.25) is 11.2 Å². The summed E-state index contributed by atoms with van der Waals surface area (Å²) in [6.07, 6.45) is 3.48. The zero-order chi connectivity index (χ0) is 21.4. The van der Waals surface area contributed by atoms with Crippen molar-refractivity contribution >= 4 is 16.9 Å². The second kappa shape index (κ2) is 7.87. The first kappa shape index (κ1) is 20.0. The number of rotatable bonds is 5. The highest BCUT2D eigenvalue weighted by atomic mass is 19.2. The highest BCUT2D eigenvalue weighted by molar-refractivity contribution is 5.95. The summed E-state index contributed by atoms with van der Waals surface area (Å²) in [6.45, 7) is 2.90. The van der Waals surface area contributed by atoms with Crippen LogP contribution in [0.2, 0.25) is 0 Å². The Morgan fingerprint density at radius 1 is 1.17 bits per heavy atom. The number of carbonyl (C=O) groups is 1. The number of aromatic nitrogens is 1. The van der Waals surface area contributed by atoms with E-state index in [4.69, 9.17) is 4.74 Å². The molecule has 6 nitrogen and oxygen atoms in total. The fourth-order valence-electron chi connectivity index (χ4n) is 3.91. The van der Waals surface area contributed by atoms with E-state index in [9.17, 15) is 23.5 Å². The molecule has 1 aromatic heterocycles. The van der Waals surface area contributed by atoms with Gasteiger partial charge < -0.3 is 14.4 Å². The Balaban J connectivity index is 1.90. The minimum atomic E-state index is -1.45. The van der Waals surface area contributed by atoms with Gasteiger partial charge in [-0.25, -0.2) is 9.18 Å². The molecule has 2 aromatic carbocycles. The van der Waals surface area contributed by atoms with Crippen LogP contribution in [0.1, 0.15) is 28.8 Å². The number of carboxylic acids is 1. The van der Waals surface area contributed by atoms with Gasteiger partial charge in [0.15, 0.2) is 11.6 Å². The summed E-state index contributed by atoms with van der Waals surface area (Å²) in [5, 5.41) is 9.16. The number of hydrogen-bond donors (Lipinski definition) is 1. The van der Waals surface area contributed by atoms with Gasteiger partial charge in [0.05, 0.1) is 12.5 Å². The van der Waals surface area contributed by atoms with Crippen LogP contribution in [0.5, 0.6) is 5.75 Å². The van der Waals surface area contributed by atoms with E-state index in [1.807, 2.05) is 12.1 Å². The zero-order valence-corrected chi connectivity index (χ0v) is 16.3. The number of hydrogen-bond acceptors (Lipinski definition) is 4. The summed E-state index contributed by atoms with van der Waals surface area (Å²) < 4.78 is 34.8.